The van der Waals surface area contributed by atoms with E-state index >= 15 is 0 Å². The van der Waals surface area contributed by atoms with Gasteiger partial charge in [0.25, 0.3) is 0 Å². The van der Waals surface area contributed by atoms with Gasteiger partial charge in [0, 0.05) is 17.5 Å². The molecule has 0 saturated carbocycles. The zero-order valence-corrected chi connectivity index (χ0v) is 11.9. The van der Waals surface area contributed by atoms with Gasteiger partial charge in [0.05, 0.1) is 6.04 Å². The van der Waals surface area contributed by atoms with Crippen LogP contribution >= 0.6 is 0 Å². The largest absolute Gasteiger partial charge is 0.292 e. The molecule has 0 aliphatic carbocycles. The van der Waals surface area contributed by atoms with Crippen LogP contribution in [0.3, 0.4) is 0 Å². The number of hydrogen-bond acceptors (Lipinski definition) is 2. The Morgan fingerprint density at radius 3 is 2.10 bits per heavy atom. The summed E-state index contributed by atoms with van der Waals surface area (Å²) in [6.07, 6.45) is 0. The SMILES string of the molecule is C[C@H]1[C@@H](c2ccccc2)[C@@H](C(=O)c2ccccc2)N1C. The molecule has 20 heavy (non-hydrogen) atoms. The molecule has 1 fully saturated rings. The van der Waals surface area contributed by atoms with Gasteiger partial charge in [-0.3, -0.25) is 9.69 Å². The lowest BCUT2D eigenvalue weighted by atomic mass is 9.73. The Balaban J connectivity index is 1.90. The van der Waals surface area contributed by atoms with Crippen molar-refractivity contribution in [1.82, 2.24) is 4.90 Å². The molecule has 3 rings (SSSR count). The normalized spacial score (nSPS) is 26.0. The molecule has 0 spiro atoms. The number of nitrogens with zero attached hydrogens (tertiary/aromatic N) is 1. The van der Waals surface area contributed by atoms with Crippen molar-refractivity contribution in [2.24, 2.45) is 0 Å². The van der Waals surface area contributed by atoms with Crippen molar-refractivity contribution in [3.63, 3.8) is 0 Å². The van der Waals surface area contributed by atoms with Crippen molar-refractivity contribution in [1.29, 1.82) is 0 Å². The fourth-order valence-corrected chi connectivity index (χ4v) is 3.18. The van der Waals surface area contributed by atoms with E-state index in [9.17, 15) is 4.79 Å². The van der Waals surface area contributed by atoms with Crippen molar-refractivity contribution in [3.8, 4) is 0 Å². The highest BCUT2D eigenvalue weighted by Crippen LogP contribution is 2.40. The summed E-state index contributed by atoms with van der Waals surface area (Å²) in [5.41, 5.74) is 2.06. The average molecular weight is 265 g/mol. The Morgan fingerprint density at radius 1 is 0.950 bits per heavy atom. The van der Waals surface area contributed by atoms with Crippen molar-refractivity contribution < 1.29 is 4.79 Å². The maximum absolute atomic E-state index is 12.7. The van der Waals surface area contributed by atoms with E-state index in [-0.39, 0.29) is 17.7 Å². The minimum Gasteiger partial charge on any atom is -0.292 e. The Kier molecular flexibility index (Phi) is 3.41. The number of likely N-dealkylation sites (tertiary alicyclic amines) is 1. The van der Waals surface area contributed by atoms with Crippen molar-refractivity contribution >= 4 is 5.78 Å². The van der Waals surface area contributed by atoms with E-state index in [2.05, 4.69) is 24.0 Å². The van der Waals surface area contributed by atoms with E-state index in [4.69, 9.17) is 0 Å². The monoisotopic (exact) mass is 265 g/mol. The number of carbonyl (C=O) groups excluding carboxylic acids is 1. The molecule has 2 aromatic carbocycles. The highest BCUT2D eigenvalue weighted by molar-refractivity contribution is 6.01. The van der Waals surface area contributed by atoms with Gasteiger partial charge in [-0.1, -0.05) is 60.7 Å². The lowest BCUT2D eigenvalue weighted by molar-refractivity contribution is 0.0231. The number of carbonyl (C=O) groups is 1. The Morgan fingerprint density at radius 2 is 1.50 bits per heavy atom. The first-order valence-corrected chi connectivity index (χ1v) is 7.06. The minimum atomic E-state index is -0.0465. The molecule has 1 heterocycles. The summed E-state index contributed by atoms with van der Waals surface area (Å²) in [5, 5.41) is 0. The second kappa shape index (κ2) is 5.22. The maximum atomic E-state index is 12.7. The van der Waals surface area contributed by atoms with E-state index < -0.39 is 0 Å². The fraction of sp³-hybridized carbons (Fsp3) is 0.278. The molecule has 102 valence electrons. The molecule has 2 nitrogen and oxygen atoms in total. The van der Waals surface area contributed by atoms with Gasteiger partial charge in [-0.15, -0.1) is 0 Å². The maximum Gasteiger partial charge on any atom is 0.180 e. The summed E-state index contributed by atoms with van der Waals surface area (Å²) >= 11 is 0. The third-order valence-electron chi connectivity index (χ3n) is 4.45. The summed E-state index contributed by atoms with van der Waals surface area (Å²) in [7, 11) is 2.04. The molecule has 3 atom stereocenters. The first-order chi connectivity index (χ1) is 9.70. The summed E-state index contributed by atoms with van der Waals surface area (Å²) in [5.74, 6) is 0.508. The smallest absolute Gasteiger partial charge is 0.180 e. The van der Waals surface area contributed by atoms with Gasteiger partial charge in [-0.2, -0.15) is 0 Å². The Labute approximate surface area is 120 Å². The third kappa shape index (κ3) is 2.06. The second-order valence-corrected chi connectivity index (χ2v) is 5.52. The predicted molar refractivity (Wildman–Crippen MR) is 81.0 cm³/mol. The van der Waals surface area contributed by atoms with Crippen LogP contribution in [-0.2, 0) is 0 Å². The van der Waals surface area contributed by atoms with Crippen LogP contribution < -0.4 is 0 Å². The Hall–Kier alpha value is -1.93. The lowest BCUT2D eigenvalue weighted by Gasteiger charge is -2.51. The molecule has 0 unspecified atom stereocenters. The summed E-state index contributed by atoms with van der Waals surface area (Å²) in [6.45, 7) is 2.19. The number of benzene rings is 2. The van der Waals surface area contributed by atoms with Gasteiger partial charge in [-0.25, -0.2) is 0 Å². The number of ketones is 1. The van der Waals surface area contributed by atoms with Crippen molar-refractivity contribution in [3.05, 3.63) is 71.8 Å². The first-order valence-electron chi connectivity index (χ1n) is 7.06. The van der Waals surface area contributed by atoms with Crippen LogP contribution in [0, 0.1) is 0 Å². The van der Waals surface area contributed by atoms with Crippen LogP contribution in [0.15, 0.2) is 60.7 Å². The van der Waals surface area contributed by atoms with Crippen LogP contribution in [0.1, 0.15) is 28.8 Å². The van der Waals surface area contributed by atoms with Gasteiger partial charge in [-0.05, 0) is 19.5 Å². The molecule has 2 aromatic rings. The molecule has 1 aliphatic heterocycles. The van der Waals surface area contributed by atoms with Gasteiger partial charge < -0.3 is 0 Å². The van der Waals surface area contributed by atoms with Crippen LogP contribution in [0.2, 0.25) is 0 Å². The molecule has 0 bridgehead atoms. The third-order valence-corrected chi connectivity index (χ3v) is 4.45. The average Bonchev–Trinajstić information content (AvgIpc) is 2.52. The van der Waals surface area contributed by atoms with Crippen LogP contribution in [0.5, 0.6) is 0 Å². The summed E-state index contributed by atoms with van der Waals surface area (Å²) in [4.78, 5) is 14.9. The number of Topliss-reactive ketones (excluding diaryl/α,β-unsaturated/α-hetero) is 1. The van der Waals surface area contributed by atoms with Crippen LogP contribution in [0.25, 0.3) is 0 Å². The first kappa shape index (κ1) is 13.1. The molecule has 0 N–H and O–H groups in total. The van der Waals surface area contributed by atoms with E-state index in [1.165, 1.54) is 5.56 Å². The predicted octanol–water partition coefficient (Wildman–Crippen LogP) is 3.36. The molecule has 1 saturated heterocycles. The van der Waals surface area contributed by atoms with Crippen molar-refractivity contribution in [2.45, 2.75) is 24.9 Å². The van der Waals surface area contributed by atoms with E-state index in [0.717, 1.165) is 5.56 Å². The van der Waals surface area contributed by atoms with E-state index in [1.54, 1.807) is 0 Å². The van der Waals surface area contributed by atoms with E-state index in [1.807, 2.05) is 55.6 Å². The topological polar surface area (TPSA) is 20.3 Å². The highest BCUT2D eigenvalue weighted by Gasteiger charge is 2.48. The molecular weight excluding hydrogens is 246 g/mol. The standard InChI is InChI=1S/C18H19NO/c1-13-16(14-9-5-3-6-10-14)17(19(13)2)18(20)15-11-7-4-8-12-15/h3-13,16-17H,1-2H3/t13-,16-,17-/m0/s1. The molecule has 2 heteroatoms. The molecule has 0 radical (unpaired) electrons. The molecular formula is C18H19NO. The Bertz CT molecular complexity index is 593. The lowest BCUT2D eigenvalue weighted by Crippen LogP contribution is -2.62. The van der Waals surface area contributed by atoms with Crippen molar-refractivity contribution in [2.75, 3.05) is 7.05 Å². The zero-order chi connectivity index (χ0) is 14.1. The second-order valence-electron chi connectivity index (χ2n) is 5.52. The summed E-state index contributed by atoms with van der Waals surface area (Å²) in [6, 6.07) is 20.3. The van der Waals surface area contributed by atoms with Gasteiger partial charge in [0.1, 0.15) is 0 Å². The van der Waals surface area contributed by atoms with Gasteiger partial charge in [0.2, 0.25) is 0 Å². The van der Waals surface area contributed by atoms with Crippen LogP contribution in [-0.4, -0.2) is 29.8 Å². The minimum absolute atomic E-state index is 0.0465. The quantitative estimate of drug-likeness (QED) is 0.793. The molecule has 1 aliphatic rings. The summed E-state index contributed by atoms with van der Waals surface area (Å²) < 4.78 is 0. The van der Waals surface area contributed by atoms with Crippen LogP contribution in [0.4, 0.5) is 0 Å². The molecule has 0 amide bonds. The van der Waals surface area contributed by atoms with Gasteiger partial charge in [0.15, 0.2) is 5.78 Å². The number of likely N-dealkylation sites (N-methyl/N-ethyl adjacent to an activating group) is 1. The number of hydrogen-bond donors (Lipinski definition) is 0. The van der Waals surface area contributed by atoms with E-state index in [0.29, 0.717) is 6.04 Å². The zero-order valence-electron chi connectivity index (χ0n) is 11.9. The highest BCUT2D eigenvalue weighted by atomic mass is 16.1. The number of rotatable bonds is 3. The molecule has 0 aromatic heterocycles. The van der Waals surface area contributed by atoms with Gasteiger partial charge >= 0.3 is 0 Å². The fourth-order valence-electron chi connectivity index (χ4n) is 3.18.